The maximum atomic E-state index is 5.87. The third-order valence-corrected chi connectivity index (χ3v) is 3.48. The van der Waals surface area contributed by atoms with E-state index >= 15 is 0 Å². The van der Waals surface area contributed by atoms with Crippen LogP contribution >= 0.6 is 11.6 Å². The van der Waals surface area contributed by atoms with E-state index < -0.39 is 0 Å². The van der Waals surface area contributed by atoms with E-state index in [9.17, 15) is 0 Å². The van der Waals surface area contributed by atoms with Gasteiger partial charge >= 0.3 is 0 Å². The highest BCUT2D eigenvalue weighted by molar-refractivity contribution is 6.32. The Bertz CT molecular complexity index is 363. The van der Waals surface area contributed by atoms with E-state index in [1.165, 1.54) is 32.0 Å². The SMILES string of the molecule is CN(CC1CCCC1)c1ncnc(Cl)c1N. The Labute approximate surface area is 101 Å². The second-order valence-corrected chi connectivity index (χ2v) is 4.79. The highest BCUT2D eigenvalue weighted by atomic mass is 35.5. The molecule has 2 rings (SSSR count). The summed E-state index contributed by atoms with van der Waals surface area (Å²) in [6.45, 7) is 0.998. The first-order valence-electron chi connectivity index (χ1n) is 5.65. The van der Waals surface area contributed by atoms with E-state index in [0.29, 0.717) is 10.8 Å². The average Bonchev–Trinajstić information content (AvgIpc) is 2.74. The summed E-state index contributed by atoms with van der Waals surface area (Å²) in [5.41, 5.74) is 6.34. The lowest BCUT2D eigenvalue weighted by molar-refractivity contribution is 0.545. The molecule has 1 aliphatic carbocycles. The fourth-order valence-electron chi connectivity index (χ4n) is 2.34. The van der Waals surface area contributed by atoms with Crippen molar-refractivity contribution in [1.82, 2.24) is 9.97 Å². The van der Waals surface area contributed by atoms with Crippen LogP contribution in [-0.4, -0.2) is 23.6 Å². The lowest BCUT2D eigenvalue weighted by atomic mass is 10.1. The number of nitrogens with zero attached hydrogens (tertiary/aromatic N) is 3. The van der Waals surface area contributed by atoms with E-state index in [0.717, 1.165) is 18.3 Å². The lowest BCUT2D eigenvalue weighted by Crippen LogP contribution is -2.26. The Morgan fingerprint density at radius 2 is 2.12 bits per heavy atom. The Morgan fingerprint density at radius 3 is 2.81 bits per heavy atom. The zero-order valence-electron chi connectivity index (χ0n) is 9.49. The fraction of sp³-hybridized carbons (Fsp3) is 0.636. The van der Waals surface area contributed by atoms with Crippen molar-refractivity contribution >= 4 is 23.1 Å². The summed E-state index contributed by atoms with van der Waals surface area (Å²) in [5, 5.41) is 0.336. The van der Waals surface area contributed by atoms with Gasteiger partial charge in [0.2, 0.25) is 0 Å². The molecule has 0 bridgehead atoms. The van der Waals surface area contributed by atoms with Crippen molar-refractivity contribution in [3.8, 4) is 0 Å². The summed E-state index contributed by atoms with van der Waals surface area (Å²) < 4.78 is 0. The molecule has 16 heavy (non-hydrogen) atoms. The number of nitrogens with two attached hydrogens (primary N) is 1. The lowest BCUT2D eigenvalue weighted by Gasteiger charge is -2.23. The summed E-state index contributed by atoms with van der Waals surface area (Å²) >= 11 is 5.87. The molecule has 0 aliphatic heterocycles. The number of hydrogen-bond donors (Lipinski definition) is 1. The first kappa shape index (κ1) is 11.5. The second kappa shape index (κ2) is 4.87. The zero-order chi connectivity index (χ0) is 11.5. The van der Waals surface area contributed by atoms with Crippen LogP contribution in [0.1, 0.15) is 25.7 Å². The molecule has 0 saturated heterocycles. The van der Waals surface area contributed by atoms with Crippen molar-refractivity contribution in [1.29, 1.82) is 0 Å². The number of halogens is 1. The summed E-state index contributed by atoms with van der Waals surface area (Å²) in [6, 6.07) is 0. The van der Waals surface area contributed by atoms with Gasteiger partial charge in [0, 0.05) is 13.6 Å². The first-order valence-corrected chi connectivity index (χ1v) is 6.03. The first-order chi connectivity index (χ1) is 7.68. The Morgan fingerprint density at radius 1 is 1.44 bits per heavy atom. The van der Waals surface area contributed by atoms with Gasteiger partial charge in [0.1, 0.15) is 12.0 Å². The minimum atomic E-state index is 0.336. The molecule has 1 fully saturated rings. The van der Waals surface area contributed by atoms with Gasteiger partial charge < -0.3 is 10.6 Å². The monoisotopic (exact) mass is 240 g/mol. The number of anilines is 2. The van der Waals surface area contributed by atoms with E-state index in [4.69, 9.17) is 17.3 Å². The zero-order valence-corrected chi connectivity index (χ0v) is 10.2. The molecule has 0 aromatic carbocycles. The Balaban J connectivity index is 2.07. The van der Waals surface area contributed by atoms with Crippen molar-refractivity contribution in [2.24, 2.45) is 5.92 Å². The van der Waals surface area contributed by atoms with E-state index in [1.807, 2.05) is 7.05 Å². The smallest absolute Gasteiger partial charge is 0.157 e. The van der Waals surface area contributed by atoms with E-state index in [1.54, 1.807) is 0 Å². The Kier molecular flexibility index (Phi) is 3.49. The summed E-state index contributed by atoms with van der Waals surface area (Å²) in [6.07, 6.45) is 6.77. The maximum absolute atomic E-state index is 5.87. The van der Waals surface area contributed by atoms with Crippen LogP contribution in [0.15, 0.2) is 6.33 Å². The van der Waals surface area contributed by atoms with Crippen LogP contribution in [0, 0.1) is 5.92 Å². The number of rotatable bonds is 3. The highest BCUT2D eigenvalue weighted by Gasteiger charge is 2.19. The third-order valence-electron chi connectivity index (χ3n) is 3.18. The molecule has 1 aliphatic rings. The Hall–Kier alpha value is -1.03. The van der Waals surface area contributed by atoms with Gasteiger partial charge in [-0.2, -0.15) is 0 Å². The molecule has 0 unspecified atom stereocenters. The molecule has 0 spiro atoms. The summed E-state index contributed by atoms with van der Waals surface area (Å²) in [5.74, 6) is 1.50. The second-order valence-electron chi connectivity index (χ2n) is 4.43. The highest BCUT2D eigenvalue weighted by Crippen LogP contribution is 2.29. The van der Waals surface area contributed by atoms with Crippen molar-refractivity contribution in [3.05, 3.63) is 11.5 Å². The van der Waals surface area contributed by atoms with Gasteiger partial charge in [-0.1, -0.05) is 24.4 Å². The minimum absolute atomic E-state index is 0.336. The third kappa shape index (κ3) is 2.38. The summed E-state index contributed by atoms with van der Waals surface area (Å²) in [4.78, 5) is 10.1. The van der Waals surface area contributed by atoms with Crippen LogP contribution in [0.2, 0.25) is 5.15 Å². The minimum Gasteiger partial charge on any atom is -0.393 e. The standard InChI is InChI=1S/C11H17ClN4/c1-16(6-8-4-2-3-5-8)11-9(13)10(12)14-7-15-11/h7-8H,2-6,13H2,1H3. The molecule has 1 aromatic heterocycles. The van der Waals surface area contributed by atoms with Gasteiger partial charge in [0.15, 0.2) is 11.0 Å². The molecule has 0 atom stereocenters. The number of aromatic nitrogens is 2. The van der Waals surface area contributed by atoms with Crippen molar-refractivity contribution in [3.63, 3.8) is 0 Å². The van der Waals surface area contributed by atoms with Gasteiger partial charge in [0.25, 0.3) is 0 Å². The topological polar surface area (TPSA) is 55.0 Å². The molecule has 1 aromatic rings. The van der Waals surface area contributed by atoms with E-state index in [2.05, 4.69) is 14.9 Å². The predicted molar refractivity (Wildman–Crippen MR) is 66.7 cm³/mol. The molecule has 2 N–H and O–H groups in total. The number of hydrogen-bond acceptors (Lipinski definition) is 4. The summed E-state index contributed by atoms with van der Waals surface area (Å²) in [7, 11) is 2.01. The van der Waals surface area contributed by atoms with Crippen LogP contribution in [0.5, 0.6) is 0 Å². The van der Waals surface area contributed by atoms with Crippen LogP contribution in [0.3, 0.4) is 0 Å². The predicted octanol–water partition coefficient (Wildman–Crippen LogP) is 2.34. The van der Waals surface area contributed by atoms with Crippen molar-refractivity contribution < 1.29 is 0 Å². The maximum Gasteiger partial charge on any atom is 0.157 e. The van der Waals surface area contributed by atoms with Crippen LogP contribution in [0.4, 0.5) is 11.5 Å². The van der Waals surface area contributed by atoms with Gasteiger partial charge in [-0.15, -0.1) is 0 Å². The van der Waals surface area contributed by atoms with Gasteiger partial charge in [-0.05, 0) is 18.8 Å². The van der Waals surface area contributed by atoms with Gasteiger partial charge in [-0.3, -0.25) is 0 Å². The van der Waals surface area contributed by atoms with Crippen LogP contribution in [-0.2, 0) is 0 Å². The van der Waals surface area contributed by atoms with Crippen LogP contribution in [0.25, 0.3) is 0 Å². The fourth-order valence-corrected chi connectivity index (χ4v) is 2.46. The number of nitrogen functional groups attached to an aromatic ring is 1. The molecule has 4 nitrogen and oxygen atoms in total. The molecule has 1 saturated carbocycles. The average molecular weight is 241 g/mol. The van der Waals surface area contributed by atoms with Crippen LogP contribution < -0.4 is 10.6 Å². The molecular formula is C11H17ClN4. The van der Waals surface area contributed by atoms with Crippen molar-refractivity contribution in [2.45, 2.75) is 25.7 Å². The molecule has 88 valence electrons. The van der Waals surface area contributed by atoms with E-state index in [-0.39, 0.29) is 0 Å². The molecule has 1 heterocycles. The molecule has 0 amide bonds. The van der Waals surface area contributed by atoms with Gasteiger partial charge in [0.05, 0.1) is 0 Å². The quantitative estimate of drug-likeness (QED) is 0.824. The molecule has 5 heteroatoms. The molecule has 0 radical (unpaired) electrons. The van der Waals surface area contributed by atoms with Gasteiger partial charge in [-0.25, -0.2) is 9.97 Å². The largest absolute Gasteiger partial charge is 0.393 e. The normalized spacial score (nSPS) is 16.6. The molecular weight excluding hydrogens is 224 g/mol. The van der Waals surface area contributed by atoms with Crippen molar-refractivity contribution in [2.75, 3.05) is 24.2 Å².